The van der Waals surface area contributed by atoms with E-state index < -0.39 is 0 Å². The van der Waals surface area contributed by atoms with E-state index in [0.29, 0.717) is 35.8 Å². The predicted molar refractivity (Wildman–Crippen MR) is 166 cm³/mol. The molecule has 0 bridgehead atoms. The number of nitrogen functional groups attached to an aromatic ring is 1. The number of anilines is 1. The average molecular weight is 573 g/mol. The maximum absolute atomic E-state index is 6.21. The second-order valence-corrected chi connectivity index (χ2v) is 11.6. The van der Waals surface area contributed by atoms with E-state index in [-0.39, 0.29) is 12.3 Å². The van der Waals surface area contributed by atoms with Crippen molar-refractivity contribution in [1.29, 1.82) is 0 Å². The molecule has 10 nitrogen and oxygen atoms in total. The van der Waals surface area contributed by atoms with Crippen LogP contribution < -0.4 is 17.3 Å². The van der Waals surface area contributed by atoms with Gasteiger partial charge in [-0.1, -0.05) is 103 Å². The van der Waals surface area contributed by atoms with E-state index in [0.717, 1.165) is 25.9 Å². The zero-order chi connectivity index (χ0) is 29.1. The lowest BCUT2D eigenvalue weighted by Crippen LogP contribution is -2.34. The van der Waals surface area contributed by atoms with Gasteiger partial charge >= 0.3 is 0 Å². The van der Waals surface area contributed by atoms with Crippen molar-refractivity contribution in [3.05, 3.63) is 24.6 Å². The van der Waals surface area contributed by atoms with Gasteiger partial charge < -0.3 is 25.9 Å². The Kier molecular flexibility index (Phi) is 15.9. The van der Waals surface area contributed by atoms with Gasteiger partial charge in [0.25, 0.3) is 0 Å². The highest BCUT2D eigenvalue weighted by Gasteiger charge is 2.29. The Labute approximate surface area is 247 Å². The Hall–Kier alpha value is -2.43. The van der Waals surface area contributed by atoms with E-state index in [1.165, 1.54) is 103 Å². The van der Waals surface area contributed by atoms with Crippen molar-refractivity contribution >= 4 is 17.0 Å². The van der Waals surface area contributed by atoms with Crippen molar-refractivity contribution in [3.63, 3.8) is 0 Å². The van der Waals surface area contributed by atoms with Crippen molar-refractivity contribution in [2.45, 2.75) is 135 Å². The molecule has 232 valence electrons. The maximum Gasteiger partial charge on any atom is 0.167 e. The summed E-state index contributed by atoms with van der Waals surface area (Å²) < 4.78 is 13.9. The number of rotatable bonds is 23. The predicted octanol–water partition coefficient (Wildman–Crippen LogP) is 6.34. The number of aromatic nitrogens is 4. The van der Waals surface area contributed by atoms with Gasteiger partial charge in [0, 0.05) is 12.8 Å². The quantitative estimate of drug-likeness (QED) is 0.0789. The van der Waals surface area contributed by atoms with Gasteiger partial charge in [0.05, 0.1) is 31.3 Å². The van der Waals surface area contributed by atoms with Gasteiger partial charge in [-0.25, -0.2) is 20.8 Å². The molecule has 1 saturated heterocycles. The minimum absolute atomic E-state index is 0.0169. The van der Waals surface area contributed by atoms with E-state index in [1.807, 2.05) is 4.57 Å². The van der Waals surface area contributed by atoms with Crippen molar-refractivity contribution in [3.8, 4) is 0 Å². The summed E-state index contributed by atoms with van der Waals surface area (Å²) in [5.74, 6) is 6.55. The lowest BCUT2D eigenvalue weighted by molar-refractivity contribution is -0.00640. The van der Waals surface area contributed by atoms with Crippen LogP contribution in [0, 0.1) is 0 Å². The molecular weight excluding hydrogens is 516 g/mol. The molecule has 2 aromatic rings. The summed E-state index contributed by atoms with van der Waals surface area (Å²) in [7, 11) is 0. The van der Waals surface area contributed by atoms with Crippen LogP contribution in [0.25, 0.3) is 11.2 Å². The van der Waals surface area contributed by atoms with Gasteiger partial charge in [-0.3, -0.25) is 4.57 Å². The number of hydrogen-bond donors (Lipinski definition) is 3. The summed E-state index contributed by atoms with van der Waals surface area (Å²) in [4.78, 5) is 12.6. The number of ether oxygens (including phenoxy) is 2. The van der Waals surface area contributed by atoms with Crippen LogP contribution in [0.3, 0.4) is 0 Å². The molecule has 1 aliphatic heterocycles. The van der Waals surface area contributed by atoms with Gasteiger partial charge in [0.2, 0.25) is 0 Å². The Morgan fingerprint density at radius 3 is 2.17 bits per heavy atom. The number of unbranched alkanes of at least 4 members (excludes halogenated alkanes) is 15. The first-order chi connectivity index (χ1) is 20.1. The zero-order valence-electron chi connectivity index (χ0n) is 25.5. The highest BCUT2D eigenvalue weighted by Crippen LogP contribution is 2.31. The number of hydrazine groups is 1. The number of imidazole rings is 1. The van der Waals surface area contributed by atoms with E-state index in [2.05, 4.69) is 21.9 Å². The summed E-state index contributed by atoms with van der Waals surface area (Å²) >= 11 is 0. The maximum atomic E-state index is 6.21. The molecule has 1 aliphatic rings. The Morgan fingerprint density at radius 2 is 1.54 bits per heavy atom. The highest BCUT2D eigenvalue weighted by atomic mass is 16.5. The van der Waals surface area contributed by atoms with Crippen LogP contribution in [0.2, 0.25) is 0 Å². The minimum atomic E-state index is -0.155. The standard InChI is InChI=1S/C31H56N8O2/c1-2-3-4-5-6-7-8-9-10-11-12-13-14-15-16-17-20-40-23-26(32)21-38(34)22-27-18-19-28(41-27)39-25-37-29-30(33)35-24-36-31(29)39/h21,24-25,27-28H,2-20,22-23,32,34H2,1H3,(H2,33,35,36)/b26-21-. The van der Waals surface area contributed by atoms with Crippen LogP contribution >= 0.6 is 0 Å². The number of nitrogens with two attached hydrogens (primary N) is 3. The topological polar surface area (TPSA) is 143 Å². The average Bonchev–Trinajstić information content (AvgIpc) is 3.60. The van der Waals surface area contributed by atoms with Gasteiger partial charge in [0.15, 0.2) is 11.5 Å². The molecule has 1 fully saturated rings. The lowest BCUT2D eigenvalue weighted by atomic mass is 10.0. The molecule has 2 unspecified atom stereocenters. The van der Waals surface area contributed by atoms with Gasteiger partial charge in [0.1, 0.15) is 18.1 Å². The summed E-state index contributed by atoms with van der Waals surface area (Å²) in [5, 5.41) is 1.59. The molecule has 6 N–H and O–H groups in total. The van der Waals surface area contributed by atoms with Gasteiger partial charge in [-0.15, -0.1) is 0 Å². The summed E-state index contributed by atoms with van der Waals surface area (Å²) in [6.07, 6.45) is 28.3. The largest absolute Gasteiger partial charge is 0.399 e. The van der Waals surface area contributed by atoms with Crippen LogP contribution in [-0.2, 0) is 9.47 Å². The van der Waals surface area contributed by atoms with E-state index >= 15 is 0 Å². The summed E-state index contributed by atoms with van der Waals surface area (Å²) in [5.41, 5.74) is 13.9. The van der Waals surface area contributed by atoms with Crippen LogP contribution in [0.15, 0.2) is 24.6 Å². The van der Waals surface area contributed by atoms with E-state index in [1.54, 1.807) is 17.5 Å². The normalized spacial score (nSPS) is 17.6. The second kappa shape index (κ2) is 19.6. The highest BCUT2D eigenvalue weighted by molar-refractivity contribution is 5.81. The van der Waals surface area contributed by atoms with E-state index in [9.17, 15) is 0 Å². The molecule has 0 radical (unpaired) electrons. The Balaban J connectivity index is 1.14. The molecule has 10 heteroatoms. The smallest absolute Gasteiger partial charge is 0.167 e. The molecule has 2 aromatic heterocycles. The molecule has 41 heavy (non-hydrogen) atoms. The molecule has 0 amide bonds. The molecule has 0 aliphatic carbocycles. The number of hydrogen-bond acceptors (Lipinski definition) is 9. The SMILES string of the molecule is CCCCCCCCCCCCCCCCCCOC/C(N)=C/N(N)CC1CCC(n2cnc3c(N)ncnc32)O1. The first-order valence-corrected chi connectivity index (χ1v) is 16.2. The molecule has 0 spiro atoms. The third-order valence-corrected chi connectivity index (χ3v) is 7.94. The molecule has 3 heterocycles. The fourth-order valence-electron chi connectivity index (χ4n) is 5.59. The minimum Gasteiger partial charge on any atom is -0.399 e. The Morgan fingerprint density at radius 1 is 0.927 bits per heavy atom. The van der Waals surface area contributed by atoms with Crippen LogP contribution in [0.1, 0.15) is 129 Å². The molecule has 3 rings (SSSR count). The Bertz CT molecular complexity index is 998. The first-order valence-electron chi connectivity index (χ1n) is 16.2. The summed E-state index contributed by atoms with van der Waals surface area (Å²) in [6.45, 7) is 3.95. The van der Waals surface area contributed by atoms with Crippen molar-refractivity contribution in [2.75, 3.05) is 25.5 Å². The monoisotopic (exact) mass is 572 g/mol. The zero-order valence-corrected chi connectivity index (χ0v) is 25.5. The van der Waals surface area contributed by atoms with Gasteiger partial charge in [-0.2, -0.15) is 0 Å². The third kappa shape index (κ3) is 12.5. The first kappa shape index (κ1) is 33.1. The number of nitrogens with zero attached hydrogens (tertiary/aromatic N) is 5. The van der Waals surface area contributed by atoms with Crippen molar-refractivity contribution in [1.82, 2.24) is 24.5 Å². The second-order valence-electron chi connectivity index (χ2n) is 11.6. The fraction of sp³-hybridized carbons (Fsp3) is 0.774. The lowest BCUT2D eigenvalue weighted by Gasteiger charge is -2.20. The van der Waals surface area contributed by atoms with Gasteiger partial charge in [-0.05, 0) is 19.3 Å². The number of fused-ring (bicyclic) bond motifs is 1. The van der Waals surface area contributed by atoms with Crippen molar-refractivity contribution < 1.29 is 9.47 Å². The molecule has 2 atom stereocenters. The molecule has 0 saturated carbocycles. The van der Waals surface area contributed by atoms with Crippen LogP contribution in [0.5, 0.6) is 0 Å². The van der Waals surface area contributed by atoms with Crippen molar-refractivity contribution in [2.24, 2.45) is 11.6 Å². The third-order valence-electron chi connectivity index (χ3n) is 7.94. The summed E-state index contributed by atoms with van der Waals surface area (Å²) in [6, 6.07) is 0. The van der Waals surface area contributed by atoms with Crippen LogP contribution in [-0.4, -0.2) is 50.4 Å². The van der Waals surface area contributed by atoms with Crippen LogP contribution in [0.4, 0.5) is 5.82 Å². The fourth-order valence-corrected chi connectivity index (χ4v) is 5.59. The molecular formula is C31H56N8O2. The van der Waals surface area contributed by atoms with E-state index in [4.69, 9.17) is 26.8 Å². The molecule has 0 aromatic carbocycles.